The molecule has 0 heterocycles. The third kappa shape index (κ3) is 5.19. The highest BCUT2D eigenvalue weighted by molar-refractivity contribution is 5.50. The van der Waals surface area contributed by atoms with Gasteiger partial charge in [0.05, 0.1) is 6.61 Å². The lowest BCUT2D eigenvalue weighted by atomic mass is 10.0. The third-order valence-electron chi connectivity index (χ3n) is 3.27. The van der Waals surface area contributed by atoms with Crippen LogP contribution in [0.2, 0.25) is 0 Å². The van der Waals surface area contributed by atoms with Crippen molar-refractivity contribution in [1.82, 2.24) is 5.48 Å². The molecule has 23 heavy (non-hydrogen) atoms. The maximum absolute atomic E-state index is 13.7. The molecule has 0 fully saturated rings. The molecular weight excluding hydrogens is 307 g/mol. The van der Waals surface area contributed by atoms with Crippen molar-refractivity contribution in [2.75, 3.05) is 0 Å². The van der Waals surface area contributed by atoms with Crippen LogP contribution >= 0.6 is 0 Å². The summed E-state index contributed by atoms with van der Waals surface area (Å²) in [5, 5.41) is 0. The molecule has 0 bridgehead atoms. The number of carbonyl (C=O) groups is 1. The van der Waals surface area contributed by atoms with Crippen LogP contribution in [0.5, 0.6) is 0 Å². The summed E-state index contributed by atoms with van der Waals surface area (Å²) in [6.07, 6.45) is 0.700. The minimum atomic E-state index is -1.24. The number of aldehydes is 1. The molecule has 0 spiro atoms. The fourth-order valence-electron chi connectivity index (χ4n) is 2.09. The van der Waals surface area contributed by atoms with Crippen molar-refractivity contribution in [1.29, 1.82) is 0 Å². The van der Waals surface area contributed by atoms with Crippen LogP contribution in [0.25, 0.3) is 0 Å². The molecule has 0 aromatic heterocycles. The van der Waals surface area contributed by atoms with E-state index >= 15 is 0 Å². The van der Waals surface area contributed by atoms with E-state index in [-0.39, 0.29) is 25.0 Å². The number of nitrogens with one attached hydrogen (secondary N) is 1. The summed E-state index contributed by atoms with van der Waals surface area (Å²) in [5.74, 6) is -3.23. The van der Waals surface area contributed by atoms with Gasteiger partial charge in [0.15, 0.2) is 11.6 Å². The molecule has 0 unspecified atom stereocenters. The Bertz CT molecular complexity index is 650. The van der Waals surface area contributed by atoms with E-state index < -0.39 is 23.5 Å². The number of hydroxylamine groups is 1. The molecule has 0 saturated heterocycles. The van der Waals surface area contributed by atoms with Gasteiger partial charge in [0, 0.05) is 18.5 Å². The van der Waals surface area contributed by atoms with Crippen molar-refractivity contribution in [2.45, 2.75) is 25.5 Å². The number of rotatable bonds is 8. The Kier molecular flexibility index (Phi) is 6.31. The van der Waals surface area contributed by atoms with Crippen LogP contribution in [0.3, 0.4) is 0 Å². The second kappa shape index (κ2) is 8.45. The zero-order valence-corrected chi connectivity index (χ0v) is 12.3. The molecule has 0 aliphatic heterocycles. The fourth-order valence-corrected chi connectivity index (χ4v) is 2.09. The van der Waals surface area contributed by atoms with E-state index in [0.29, 0.717) is 12.4 Å². The first-order valence-electron chi connectivity index (χ1n) is 7.08. The van der Waals surface area contributed by atoms with Gasteiger partial charge in [-0.05, 0) is 23.6 Å². The van der Waals surface area contributed by atoms with E-state index in [2.05, 4.69) is 5.48 Å². The maximum atomic E-state index is 13.7. The quantitative estimate of drug-likeness (QED) is 0.460. The van der Waals surface area contributed by atoms with Crippen molar-refractivity contribution in [3.05, 3.63) is 71.0 Å². The summed E-state index contributed by atoms with van der Waals surface area (Å²) in [5.41, 5.74) is 3.56. The maximum Gasteiger partial charge on any atom is 0.161 e. The van der Waals surface area contributed by atoms with Crippen molar-refractivity contribution in [3.8, 4) is 0 Å². The lowest BCUT2D eigenvalue weighted by Crippen LogP contribution is -2.32. The molecule has 1 atom stereocenters. The number of hydrogen-bond donors (Lipinski definition) is 1. The zero-order valence-electron chi connectivity index (χ0n) is 12.3. The lowest BCUT2D eigenvalue weighted by Gasteiger charge is -2.17. The second-order valence-electron chi connectivity index (χ2n) is 5.05. The molecule has 0 radical (unpaired) electrons. The summed E-state index contributed by atoms with van der Waals surface area (Å²) >= 11 is 0. The largest absolute Gasteiger partial charge is 0.303 e. The minimum absolute atomic E-state index is 0.00341. The van der Waals surface area contributed by atoms with Gasteiger partial charge in [-0.25, -0.2) is 13.2 Å². The van der Waals surface area contributed by atoms with Gasteiger partial charge in [-0.15, -0.1) is 0 Å². The first-order valence-corrected chi connectivity index (χ1v) is 7.08. The molecule has 3 nitrogen and oxygen atoms in total. The SMILES string of the molecule is O=CC[C@@H](Cc1cc(F)c(F)cc1F)NOCc1ccccc1. The van der Waals surface area contributed by atoms with Crippen LogP contribution in [-0.2, 0) is 22.7 Å². The minimum Gasteiger partial charge on any atom is -0.303 e. The van der Waals surface area contributed by atoms with Crippen LogP contribution in [0.4, 0.5) is 13.2 Å². The molecule has 1 N–H and O–H groups in total. The van der Waals surface area contributed by atoms with Crippen molar-refractivity contribution < 1.29 is 22.8 Å². The monoisotopic (exact) mass is 323 g/mol. The highest BCUT2D eigenvalue weighted by Gasteiger charge is 2.15. The topological polar surface area (TPSA) is 38.3 Å². The summed E-state index contributed by atoms with van der Waals surface area (Å²) < 4.78 is 39.8. The fraction of sp³-hybridized carbons (Fsp3) is 0.235. The highest BCUT2D eigenvalue weighted by atomic mass is 19.2. The lowest BCUT2D eigenvalue weighted by molar-refractivity contribution is -0.109. The molecule has 0 aliphatic carbocycles. The molecule has 122 valence electrons. The molecule has 6 heteroatoms. The zero-order chi connectivity index (χ0) is 16.7. The summed E-state index contributed by atoms with van der Waals surface area (Å²) in [7, 11) is 0. The second-order valence-corrected chi connectivity index (χ2v) is 5.05. The van der Waals surface area contributed by atoms with E-state index in [1.165, 1.54) is 0 Å². The van der Waals surface area contributed by atoms with Gasteiger partial charge in [-0.1, -0.05) is 30.3 Å². The average Bonchev–Trinajstić information content (AvgIpc) is 2.53. The Hall–Kier alpha value is -2.18. The standard InChI is InChI=1S/C17H16F3NO2/c18-15-10-17(20)16(19)9-13(15)8-14(6-7-22)21-23-11-12-4-2-1-3-5-12/h1-5,7,9-10,14,21H,6,8,11H2/t14-/m0/s1. The van der Waals surface area contributed by atoms with Crippen molar-refractivity contribution in [2.24, 2.45) is 0 Å². The molecule has 2 rings (SSSR count). The molecule has 0 saturated carbocycles. The summed E-state index contributed by atoms with van der Waals surface area (Å²) in [6.45, 7) is 0.260. The molecule has 0 aliphatic rings. The number of halogens is 3. The van der Waals surface area contributed by atoms with E-state index in [1.54, 1.807) is 0 Å². The van der Waals surface area contributed by atoms with Crippen molar-refractivity contribution in [3.63, 3.8) is 0 Å². The number of hydrogen-bond acceptors (Lipinski definition) is 3. The number of carbonyl (C=O) groups excluding carboxylic acids is 1. The van der Waals surface area contributed by atoms with Gasteiger partial charge in [-0.2, -0.15) is 5.48 Å². The Labute approximate surface area is 132 Å². The van der Waals surface area contributed by atoms with Crippen molar-refractivity contribution >= 4 is 6.29 Å². The highest BCUT2D eigenvalue weighted by Crippen LogP contribution is 2.16. The van der Waals surface area contributed by atoms with Crippen LogP contribution < -0.4 is 5.48 Å². The summed E-state index contributed by atoms with van der Waals surface area (Å²) in [4.78, 5) is 16.0. The first kappa shape index (κ1) is 17.2. The predicted molar refractivity (Wildman–Crippen MR) is 78.9 cm³/mol. The van der Waals surface area contributed by atoms with Gasteiger partial charge in [0.25, 0.3) is 0 Å². The van der Waals surface area contributed by atoms with Gasteiger partial charge < -0.3 is 4.79 Å². The van der Waals surface area contributed by atoms with Gasteiger partial charge in [0.1, 0.15) is 12.1 Å². The van der Waals surface area contributed by atoms with E-state index in [9.17, 15) is 18.0 Å². The Morgan fingerprint density at radius 3 is 2.43 bits per heavy atom. The Morgan fingerprint density at radius 1 is 1.04 bits per heavy atom. The van der Waals surface area contributed by atoms with Crippen LogP contribution in [0, 0.1) is 17.5 Å². The van der Waals surface area contributed by atoms with Crippen LogP contribution in [0.15, 0.2) is 42.5 Å². The van der Waals surface area contributed by atoms with Crippen LogP contribution in [0.1, 0.15) is 17.5 Å². The smallest absolute Gasteiger partial charge is 0.161 e. The van der Waals surface area contributed by atoms with E-state index in [0.717, 1.165) is 11.6 Å². The van der Waals surface area contributed by atoms with E-state index in [1.807, 2.05) is 30.3 Å². The molecular formula is C17H16F3NO2. The molecule has 2 aromatic carbocycles. The number of benzene rings is 2. The van der Waals surface area contributed by atoms with Crippen LogP contribution in [-0.4, -0.2) is 12.3 Å². The van der Waals surface area contributed by atoms with E-state index in [4.69, 9.17) is 4.84 Å². The average molecular weight is 323 g/mol. The van der Waals surface area contributed by atoms with Gasteiger partial charge >= 0.3 is 0 Å². The third-order valence-corrected chi connectivity index (χ3v) is 3.27. The molecule has 0 amide bonds. The molecule has 2 aromatic rings. The first-order chi connectivity index (χ1) is 11.1. The summed E-state index contributed by atoms with van der Waals surface area (Å²) in [6, 6.07) is 10.1. The Balaban J connectivity index is 1.96. The Morgan fingerprint density at radius 2 is 1.74 bits per heavy atom. The normalized spacial score (nSPS) is 12.1. The van der Waals surface area contributed by atoms with Gasteiger partial charge in [-0.3, -0.25) is 4.84 Å². The van der Waals surface area contributed by atoms with Gasteiger partial charge in [0.2, 0.25) is 0 Å². The predicted octanol–water partition coefficient (Wildman–Crippen LogP) is 3.33.